The second-order valence-electron chi connectivity index (χ2n) is 6.41. The molecule has 1 aliphatic rings. The van der Waals surface area contributed by atoms with E-state index in [1.54, 1.807) is 13.0 Å². The Labute approximate surface area is 148 Å². The molecule has 0 spiro atoms. The molecular weight excluding hydrogens is 314 g/mol. The van der Waals surface area contributed by atoms with Gasteiger partial charge >= 0.3 is 0 Å². The van der Waals surface area contributed by atoms with Gasteiger partial charge < -0.3 is 10.0 Å². The molecule has 2 N–H and O–H groups in total. The summed E-state index contributed by atoms with van der Waals surface area (Å²) in [6.45, 7) is 4.85. The van der Waals surface area contributed by atoms with Crippen LogP contribution in [0.15, 0.2) is 47.6 Å². The van der Waals surface area contributed by atoms with Gasteiger partial charge in [0, 0.05) is 17.8 Å². The third kappa shape index (κ3) is 3.99. The number of hydrogen-bond acceptors (Lipinski definition) is 4. The Hall–Kier alpha value is -2.82. The van der Waals surface area contributed by atoms with Crippen molar-refractivity contribution < 1.29 is 9.90 Å². The Morgan fingerprint density at radius 3 is 2.92 bits per heavy atom. The average molecular weight is 337 g/mol. The highest BCUT2D eigenvalue weighted by molar-refractivity contribution is 6.01. The number of rotatable bonds is 4. The second-order valence-corrected chi connectivity index (χ2v) is 6.41. The molecule has 1 amide bonds. The molecule has 0 aliphatic carbocycles. The monoisotopic (exact) mass is 337 g/mol. The predicted molar refractivity (Wildman–Crippen MR) is 100 cm³/mol. The molecule has 3 rings (SSSR count). The van der Waals surface area contributed by atoms with Crippen LogP contribution in [-0.2, 0) is 11.2 Å². The number of carbonyl (C=O) groups excluding carboxylic acids is 1. The van der Waals surface area contributed by atoms with Crippen LogP contribution in [0.5, 0.6) is 5.75 Å². The zero-order valence-corrected chi connectivity index (χ0v) is 14.6. The summed E-state index contributed by atoms with van der Waals surface area (Å²) in [5, 5.41) is 14.1. The summed E-state index contributed by atoms with van der Waals surface area (Å²) in [5.41, 5.74) is 7.24. The van der Waals surface area contributed by atoms with Gasteiger partial charge in [0.05, 0.1) is 12.3 Å². The SMILES string of the molecule is C/C(=N\NC(=O)CN1CCCc2ccccc21)c1cc(C)ccc1O. The summed E-state index contributed by atoms with van der Waals surface area (Å²) >= 11 is 0. The highest BCUT2D eigenvalue weighted by Gasteiger charge is 2.18. The molecule has 0 saturated carbocycles. The zero-order valence-electron chi connectivity index (χ0n) is 14.6. The molecule has 0 bridgehead atoms. The molecule has 25 heavy (non-hydrogen) atoms. The van der Waals surface area contributed by atoms with E-state index in [1.165, 1.54) is 5.56 Å². The Kier molecular flexibility index (Phi) is 5.03. The number of hydrogen-bond donors (Lipinski definition) is 2. The van der Waals surface area contributed by atoms with E-state index in [-0.39, 0.29) is 18.2 Å². The third-order valence-electron chi connectivity index (χ3n) is 4.43. The van der Waals surface area contributed by atoms with Gasteiger partial charge in [-0.25, -0.2) is 5.43 Å². The van der Waals surface area contributed by atoms with Gasteiger partial charge in [0.2, 0.25) is 0 Å². The quantitative estimate of drug-likeness (QED) is 0.666. The summed E-state index contributed by atoms with van der Waals surface area (Å²) < 4.78 is 0. The van der Waals surface area contributed by atoms with Crippen molar-refractivity contribution in [3.8, 4) is 5.75 Å². The number of aryl methyl sites for hydroxylation is 2. The summed E-state index contributed by atoms with van der Waals surface area (Å²) in [6, 6.07) is 13.5. The number of para-hydroxylation sites is 1. The molecule has 130 valence electrons. The predicted octanol–water partition coefficient (Wildman–Crippen LogP) is 2.99. The van der Waals surface area contributed by atoms with Crippen LogP contribution in [0.3, 0.4) is 0 Å². The fraction of sp³-hybridized carbons (Fsp3) is 0.300. The molecule has 0 saturated heterocycles. The van der Waals surface area contributed by atoms with E-state index in [9.17, 15) is 9.90 Å². The number of fused-ring (bicyclic) bond motifs is 1. The number of aromatic hydroxyl groups is 1. The Morgan fingerprint density at radius 1 is 1.28 bits per heavy atom. The van der Waals surface area contributed by atoms with Crippen LogP contribution < -0.4 is 10.3 Å². The topological polar surface area (TPSA) is 64.9 Å². The minimum absolute atomic E-state index is 0.158. The van der Waals surface area contributed by atoms with Crippen molar-refractivity contribution >= 4 is 17.3 Å². The van der Waals surface area contributed by atoms with Crippen LogP contribution in [0, 0.1) is 6.92 Å². The van der Waals surface area contributed by atoms with E-state index < -0.39 is 0 Å². The molecule has 0 aromatic heterocycles. The first-order valence-electron chi connectivity index (χ1n) is 8.50. The first-order chi connectivity index (χ1) is 12.0. The number of amides is 1. The number of phenolic OH excluding ortho intramolecular Hbond substituents is 1. The van der Waals surface area contributed by atoms with Gasteiger partial charge in [0.1, 0.15) is 5.75 Å². The largest absolute Gasteiger partial charge is 0.507 e. The standard InChI is InChI=1S/C20H23N3O2/c1-14-9-10-19(24)17(12-14)15(2)21-22-20(25)13-23-11-5-7-16-6-3-4-8-18(16)23/h3-4,6,8-10,12,24H,5,7,11,13H2,1-2H3,(H,22,25)/b21-15+. The molecule has 5 heteroatoms. The highest BCUT2D eigenvalue weighted by Crippen LogP contribution is 2.26. The van der Waals surface area contributed by atoms with Crippen molar-refractivity contribution in [2.75, 3.05) is 18.0 Å². The van der Waals surface area contributed by atoms with Gasteiger partial charge in [0.15, 0.2) is 0 Å². The maximum Gasteiger partial charge on any atom is 0.259 e. The summed E-state index contributed by atoms with van der Waals surface area (Å²) in [5.74, 6) is -0.00532. The molecule has 1 aliphatic heterocycles. The maximum atomic E-state index is 12.3. The first kappa shape index (κ1) is 17.0. The number of nitrogens with zero attached hydrogens (tertiary/aromatic N) is 2. The van der Waals surface area contributed by atoms with Crippen LogP contribution in [0.2, 0.25) is 0 Å². The van der Waals surface area contributed by atoms with Crippen molar-refractivity contribution in [3.63, 3.8) is 0 Å². The van der Waals surface area contributed by atoms with Crippen molar-refractivity contribution in [1.29, 1.82) is 0 Å². The second kappa shape index (κ2) is 7.38. The van der Waals surface area contributed by atoms with Crippen molar-refractivity contribution in [1.82, 2.24) is 5.43 Å². The van der Waals surface area contributed by atoms with E-state index in [0.717, 1.165) is 30.6 Å². The van der Waals surface area contributed by atoms with E-state index >= 15 is 0 Å². The molecule has 2 aromatic rings. The fourth-order valence-electron chi connectivity index (χ4n) is 3.13. The maximum absolute atomic E-state index is 12.3. The van der Waals surface area contributed by atoms with Crippen molar-refractivity contribution in [3.05, 3.63) is 59.2 Å². The Bertz CT molecular complexity index is 814. The van der Waals surface area contributed by atoms with Gasteiger partial charge in [-0.3, -0.25) is 4.79 Å². The number of phenols is 1. The summed E-state index contributed by atoms with van der Waals surface area (Å²) in [6.07, 6.45) is 2.10. The Morgan fingerprint density at radius 2 is 2.08 bits per heavy atom. The smallest absolute Gasteiger partial charge is 0.259 e. The van der Waals surface area contributed by atoms with Crippen LogP contribution in [0.25, 0.3) is 0 Å². The third-order valence-corrected chi connectivity index (χ3v) is 4.43. The zero-order chi connectivity index (χ0) is 17.8. The number of benzene rings is 2. The number of nitrogens with one attached hydrogen (secondary N) is 1. The van der Waals surface area contributed by atoms with Gasteiger partial charge in [-0.15, -0.1) is 0 Å². The molecule has 0 atom stereocenters. The number of carbonyl (C=O) groups is 1. The average Bonchev–Trinajstić information content (AvgIpc) is 2.62. The molecular formula is C20H23N3O2. The Balaban J connectivity index is 1.66. The molecule has 0 radical (unpaired) electrons. The lowest BCUT2D eigenvalue weighted by molar-refractivity contribution is -0.119. The fourth-order valence-corrected chi connectivity index (χ4v) is 3.13. The van der Waals surface area contributed by atoms with E-state index in [1.807, 2.05) is 31.2 Å². The van der Waals surface area contributed by atoms with Crippen molar-refractivity contribution in [2.24, 2.45) is 5.10 Å². The minimum atomic E-state index is -0.164. The summed E-state index contributed by atoms with van der Waals surface area (Å²) in [4.78, 5) is 14.4. The number of hydrazone groups is 1. The first-order valence-corrected chi connectivity index (χ1v) is 8.50. The molecule has 0 unspecified atom stereocenters. The van der Waals surface area contributed by atoms with Crippen LogP contribution in [0.1, 0.15) is 30.0 Å². The van der Waals surface area contributed by atoms with Crippen LogP contribution in [-0.4, -0.2) is 29.8 Å². The van der Waals surface area contributed by atoms with E-state index in [0.29, 0.717) is 11.3 Å². The lowest BCUT2D eigenvalue weighted by Gasteiger charge is -2.30. The van der Waals surface area contributed by atoms with Gasteiger partial charge in [-0.1, -0.05) is 29.8 Å². The van der Waals surface area contributed by atoms with Gasteiger partial charge in [-0.2, -0.15) is 5.10 Å². The highest BCUT2D eigenvalue weighted by atomic mass is 16.3. The normalized spacial score (nSPS) is 14.2. The molecule has 5 nitrogen and oxygen atoms in total. The molecule has 2 aromatic carbocycles. The molecule has 0 fully saturated rings. The number of anilines is 1. The van der Waals surface area contributed by atoms with E-state index in [2.05, 4.69) is 27.6 Å². The van der Waals surface area contributed by atoms with Gasteiger partial charge in [-0.05, 0) is 50.5 Å². The molecule has 1 heterocycles. The van der Waals surface area contributed by atoms with E-state index in [4.69, 9.17) is 0 Å². The lowest BCUT2D eigenvalue weighted by atomic mass is 10.0. The minimum Gasteiger partial charge on any atom is -0.507 e. The van der Waals surface area contributed by atoms with Gasteiger partial charge in [0.25, 0.3) is 5.91 Å². The van der Waals surface area contributed by atoms with Crippen LogP contribution in [0.4, 0.5) is 5.69 Å². The summed E-state index contributed by atoms with van der Waals surface area (Å²) in [7, 11) is 0. The van der Waals surface area contributed by atoms with Crippen molar-refractivity contribution in [2.45, 2.75) is 26.7 Å². The lowest BCUT2D eigenvalue weighted by Crippen LogP contribution is -2.38. The van der Waals surface area contributed by atoms with Crippen LogP contribution >= 0.6 is 0 Å².